The van der Waals surface area contributed by atoms with Crippen LogP contribution in [0.1, 0.15) is 50.2 Å². The van der Waals surface area contributed by atoms with Gasteiger partial charge in [-0.2, -0.15) is 0 Å². The maximum absolute atomic E-state index is 14.1. The molecule has 0 unspecified atom stereocenters. The molecule has 3 heterocycles. The van der Waals surface area contributed by atoms with E-state index in [1.165, 1.54) is 32.0 Å². The van der Waals surface area contributed by atoms with E-state index in [9.17, 15) is 39.0 Å². The number of aromatic nitrogens is 2. The SMILES string of the molecule is CC(C)C[C@@H]1NC(=O)[C@@H](NC(=O)c2cccc(N)n2)Cc2c([nH]c3ccccc23)SC[C@@H](C(=O)O)NC(=O)[C@H]([C@@H](C)O)NC(=O)[C@@H](C)NC1=O. The first-order chi connectivity index (χ1) is 23.6. The van der Waals surface area contributed by atoms with Crippen molar-refractivity contribution in [2.75, 3.05) is 11.5 Å². The number of nitrogens with zero attached hydrogens (tertiary/aromatic N) is 1. The molecule has 0 radical (unpaired) electrons. The molecule has 0 saturated heterocycles. The van der Waals surface area contributed by atoms with E-state index in [1.54, 1.807) is 24.3 Å². The van der Waals surface area contributed by atoms with Crippen LogP contribution in [0.15, 0.2) is 47.5 Å². The van der Waals surface area contributed by atoms with Crippen LogP contribution < -0.4 is 32.3 Å². The number of nitrogens with two attached hydrogens (primary N) is 1. The summed E-state index contributed by atoms with van der Waals surface area (Å²) in [6.45, 7) is 6.30. The molecular formula is C33H42N8O8S. The summed E-state index contributed by atoms with van der Waals surface area (Å²) in [7, 11) is 0. The number of H-pyrrole nitrogens is 1. The zero-order chi connectivity index (χ0) is 36.7. The molecule has 4 rings (SSSR count). The summed E-state index contributed by atoms with van der Waals surface area (Å²) in [5.74, 6) is -5.44. The van der Waals surface area contributed by atoms with Crippen LogP contribution in [-0.4, -0.2) is 97.8 Å². The van der Waals surface area contributed by atoms with Crippen LogP contribution in [0.25, 0.3) is 10.9 Å². The summed E-state index contributed by atoms with van der Waals surface area (Å²) in [6.07, 6.45) is -1.35. The van der Waals surface area contributed by atoms with Crippen LogP contribution in [0.2, 0.25) is 0 Å². The van der Waals surface area contributed by atoms with Gasteiger partial charge in [-0.3, -0.25) is 24.0 Å². The summed E-state index contributed by atoms with van der Waals surface area (Å²) in [6, 6.07) is 5.00. The van der Waals surface area contributed by atoms with Gasteiger partial charge in [0.05, 0.1) is 11.1 Å². The first kappa shape index (κ1) is 37.7. The first-order valence-electron chi connectivity index (χ1n) is 16.0. The topological polar surface area (TPSA) is 258 Å². The lowest BCUT2D eigenvalue weighted by Gasteiger charge is -2.27. The molecule has 6 atom stereocenters. The number of hydrogen-bond acceptors (Lipinski definition) is 10. The van der Waals surface area contributed by atoms with E-state index in [0.717, 1.165) is 11.8 Å². The van der Waals surface area contributed by atoms with Crippen molar-refractivity contribution in [1.82, 2.24) is 36.6 Å². The normalized spacial score (nSPS) is 23.4. The minimum atomic E-state index is -1.54. The van der Waals surface area contributed by atoms with Crippen LogP contribution in [-0.2, 0) is 30.4 Å². The summed E-state index contributed by atoms with van der Waals surface area (Å²) in [4.78, 5) is 86.9. The standard InChI is InChI=1S/C33H42N8O8S/c1-15(2)12-22-29(45)35-16(3)27(43)41-26(17(4)42)31(47)39-24(33(48)49)14-50-32-19(18-8-5-6-9-20(18)40-32)13-23(30(46)37-22)38-28(44)21-10-7-11-25(34)36-21/h5-11,15-17,22-24,26,40,42H,12-14H2,1-4H3,(H2,34,36)(H,35,45)(H,37,46)(H,38,44)(H,39,47)(H,41,43)(H,48,49)/t16-,17-,22+,23+,24+,26+/m1/s1. The third-order valence-corrected chi connectivity index (χ3v) is 9.11. The number of nitrogens with one attached hydrogen (secondary N) is 6. The van der Waals surface area contributed by atoms with Gasteiger partial charge in [-0.05, 0) is 49.9 Å². The molecule has 17 heteroatoms. The monoisotopic (exact) mass is 710 g/mol. The summed E-state index contributed by atoms with van der Waals surface area (Å²) in [5, 5.41) is 34.2. The Balaban J connectivity index is 1.81. The Kier molecular flexibility index (Phi) is 12.4. The van der Waals surface area contributed by atoms with Gasteiger partial charge in [0, 0.05) is 23.1 Å². The third kappa shape index (κ3) is 9.50. The Morgan fingerprint density at radius 1 is 0.960 bits per heavy atom. The number of carboxylic acids is 1. The molecule has 5 amide bonds. The number of fused-ring (bicyclic) bond motifs is 3. The highest BCUT2D eigenvalue weighted by Crippen LogP contribution is 2.31. The number of hydrogen-bond donors (Lipinski definition) is 9. The number of rotatable bonds is 6. The van der Waals surface area contributed by atoms with Gasteiger partial charge in [-0.25, -0.2) is 9.78 Å². The summed E-state index contributed by atoms with van der Waals surface area (Å²) < 4.78 is 0. The van der Waals surface area contributed by atoms with Crippen molar-refractivity contribution in [2.45, 2.75) is 81.9 Å². The smallest absolute Gasteiger partial charge is 0.327 e. The first-order valence-corrected chi connectivity index (χ1v) is 17.0. The van der Waals surface area contributed by atoms with E-state index in [-0.39, 0.29) is 36.0 Å². The molecule has 1 aliphatic heterocycles. The zero-order valence-electron chi connectivity index (χ0n) is 28.0. The number of aliphatic carboxylic acids is 1. The lowest BCUT2D eigenvalue weighted by Crippen LogP contribution is -2.60. The van der Waals surface area contributed by atoms with Crippen molar-refractivity contribution < 1.29 is 39.0 Å². The lowest BCUT2D eigenvalue weighted by atomic mass is 10.0. The fourth-order valence-corrected chi connectivity index (χ4v) is 6.47. The predicted octanol–water partition coefficient (Wildman–Crippen LogP) is 0.0625. The molecule has 2 aromatic heterocycles. The molecule has 16 nitrogen and oxygen atoms in total. The molecule has 0 spiro atoms. The molecular weight excluding hydrogens is 668 g/mol. The van der Waals surface area contributed by atoms with Gasteiger partial charge in [-0.15, -0.1) is 11.8 Å². The summed E-state index contributed by atoms with van der Waals surface area (Å²) in [5.41, 5.74) is 6.98. The van der Waals surface area contributed by atoms with Gasteiger partial charge in [0.2, 0.25) is 23.6 Å². The molecule has 1 aliphatic rings. The Morgan fingerprint density at radius 3 is 2.34 bits per heavy atom. The lowest BCUT2D eigenvalue weighted by molar-refractivity contribution is -0.142. The number of carbonyl (C=O) groups excluding carboxylic acids is 5. The Labute approximate surface area is 292 Å². The van der Waals surface area contributed by atoms with Crippen LogP contribution in [0.3, 0.4) is 0 Å². The average molecular weight is 711 g/mol. The Bertz CT molecular complexity index is 1760. The molecule has 0 fully saturated rings. The van der Waals surface area contributed by atoms with Crippen LogP contribution >= 0.6 is 11.8 Å². The quantitative estimate of drug-likeness (QED) is 0.165. The molecule has 3 aromatic rings. The van der Waals surface area contributed by atoms with Gasteiger partial charge in [-0.1, -0.05) is 38.1 Å². The number of thioether (sulfide) groups is 1. The second kappa shape index (κ2) is 16.5. The molecule has 268 valence electrons. The van der Waals surface area contributed by atoms with Crippen molar-refractivity contribution in [3.63, 3.8) is 0 Å². The number of amides is 5. The number of benzene rings is 1. The van der Waals surface area contributed by atoms with E-state index >= 15 is 0 Å². The fourth-order valence-electron chi connectivity index (χ4n) is 5.37. The molecule has 10 N–H and O–H groups in total. The van der Waals surface area contributed by atoms with E-state index in [0.29, 0.717) is 21.5 Å². The maximum atomic E-state index is 14.1. The highest BCUT2D eigenvalue weighted by Gasteiger charge is 2.34. The number of aromatic amines is 1. The van der Waals surface area contributed by atoms with Gasteiger partial charge >= 0.3 is 5.97 Å². The average Bonchev–Trinajstić information content (AvgIpc) is 3.40. The van der Waals surface area contributed by atoms with Crippen molar-refractivity contribution >= 4 is 64.0 Å². The Morgan fingerprint density at radius 2 is 1.68 bits per heavy atom. The number of aliphatic hydroxyl groups is 1. The van der Waals surface area contributed by atoms with E-state index in [1.807, 2.05) is 13.8 Å². The highest BCUT2D eigenvalue weighted by molar-refractivity contribution is 7.99. The molecule has 0 saturated carbocycles. The number of para-hydroxylation sites is 1. The molecule has 50 heavy (non-hydrogen) atoms. The van der Waals surface area contributed by atoms with E-state index < -0.39 is 71.8 Å². The van der Waals surface area contributed by atoms with Crippen molar-refractivity contribution in [3.8, 4) is 0 Å². The number of aliphatic hydroxyl groups excluding tert-OH is 1. The zero-order valence-corrected chi connectivity index (χ0v) is 28.8. The summed E-state index contributed by atoms with van der Waals surface area (Å²) >= 11 is 1.06. The van der Waals surface area contributed by atoms with E-state index in [4.69, 9.17) is 5.73 Å². The minimum absolute atomic E-state index is 0.0439. The molecule has 0 aliphatic carbocycles. The second-order valence-electron chi connectivity index (χ2n) is 12.5. The number of carbonyl (C=O) groups is 6. The Hall–Kier alpha value is -5.16. The van der Waals surface area contributed by atoms with Crippen molar-refractivity contribution in [1.29, 1.82) is 0 Å². The van der Waals surface area contributed by atoms with Crippen LogP contribution in [0.4, 0.5) is 5.82 Å². The minimum Gasteiger partial charge on any atom is -0.480 e. The third-order valence-electron chi connectivity index (χ3n) is 7.97. The van der Waals surface area contributed by atoms with Gasteiger partial charge in [0.15, 0.2) is 0 Å². The van der Waals surface area contributed by atoms with Crippen molar-refractivity contribution in [3.05, 3.63) is 53.7 Å². The predicted molar refractivity (Wildman–Crippen MR) is 185 cm³/mol. The van der Waals surface area contributed by atoms with E-state index in [2.05, 4.69) is 36.6 Å². The largest absolute Gasteiger partial charge is 0.480 e. The molecule has 1 aromatic carbocycles. The van der Waals surface area contributed by atoms with Gasteiger partial charge in [0.25, 0.3) is 5.91 Å². The van der Waals surface area contributed by atoms with Gasteiger partial charge in [0.1, 0.15) is 41.7 Å². The molecule has 0 bridgehead atoms. The van der Waals surface area contributed by atoms with Gasteiger partial charge < -0.3 is 47.5 Å². The number of pyridine rings is 1. The second-order valence-corrected chi connectivity index (χ2v) is 13.5. The van der Waals surface area contributed by atoms with Crippen molar-refractivity contribution in [2.24, 2.45) is 5.92 Å². The maximum Gasteiger partial charge on any atom is 0.327 e. The number of anilines is 1. The number of carboxylic acid groups (broad SMARTS) is 1. The fraction of sp³-hybridized carbons (Fsp3) is 0.424. The van der Waals surface area contributed by atoms with Crippen LogP contribution in [0, 0.1) is 5.92 Å². The highest BCUT2D eigenvalue weighted by atomic mass is 32.2. The number of nitrogen functional groups attached to an aromatic ring is 1. The van der Waals surface area contributed by atoms with Crippen LogP contribution in [0.5, 0.6) is 0 Å².